The summed E-state index contributed by atoms with van der Waals surface area (Å²) in [5.41, 5.74) is 0.703. The smallest absolute Gasteiger partial charge is 0.246 e. The van der Waals surface area contributed by atoms with E-state index in [1.54, 1.807) is 12.1 Å². The van der Waals surface area contributed by atoms with Gasteiger partial charge >= 0.3 is 0 Å². The maximum Gasteiger partial charge on any atom is 0.246 e. The number of nitrogens with one attached hydrogen (secondary N) is 1. The molecular formula is C17H24N2O5. The Labute approximate surface area is 140 Å². The molecule has 2 rings (SSSR count). The van der Waals surface area contributed by atoms with E-state index in [0.717, 1.165) is 0 Å². The summed E-state index contributed by atoms with van der Waals surface area (Å²) in [4.78, 5) is 26.5. The number of aromatic hydroxyl groups is 1. The van der Waals surface area contributed by atoms with E-state index >= 15 is 0 Å². The van der Waals surface area contributed by atoms with Crippen molar-refractivity contribution in [3.63, 3.8) is 0 Å². The Hall–Kier alpha value is -2.12. The molecule has 3 unspecified atom stereocenters. The van der Waals surface area contributed by atoms with E-state index in [2.05, 4.69) is 5.32 Å². The molecule has 4 N–H and O–H groups in total. The highest BCUT2D eigenvalue weighted by atomic mass is 16.3. The molecule has 1 saturated heterocycles. The van der Waals surface area contributed by atoms with Crippen LogP contribution in [0.4, 0.5) is 0 Å². The third-order valence-electron chi connectivity index (χ3n) is 4.15. The van der Waals surface area contributed by atoms with E-state index in [9.17, 15) is 19.8 Å². The van der Waals surface area contributed by atoms with Gasteiger partial charge in [0, 0.05) is 13.0 Å². The number of aliphatic hydroxyl groups excluding tert-OH is 2. The van der Waals surface area contributed by atoms with Gasteiger partial charge in [0.25, 0.3) is 0 Å². The fraction of sp³-hybridized carbons (Fsp3) is 0.529. The van der Waals surface area contributed by atoms with Crippen LogP contribution in [0.15, 0.2) is 24.3 Å². The number of phenols is 1. The molecule has 3 atom stereocenters. The van der Waals surface area contributed by atoms with E-state index < -0.39 is 24.8 Å². The van der Waals surface area contributed by atoms with Gasteiger partial charge in [0.05, 0.1) is 12.7 Å². The van der Waals surface area contributed by atoms with E-state index in [1.165, 1.54) is 17.0 Å². The molecule has 0 aromatic heterocycles. The monoisotopic (exact) mass is 336 g/mol. The minimum Gasteiger partial charge on any atom is -0.508 e. The lowest BCUT2D eigenvalue weighted by molar-refractivity contribution is -0.152. The molecule has 1 aromatic carbocycles. The van der Waals surface area contributed by atoms with Crippen molar-refractivity contribution in [3.8, 4) is 5.75 Å². The summed E-state index contributed by atoms with van der Waals surface area (Å²) < 4.78 is 0. The normalized spacial score (nSPS) is 22.6. The van der Waals surface area contributed by atoms with Crippen LogP contribution >= 0.6 is 0 Å². The maximum absolute atomic E-state index is 12.7. The number of hydrogen-bond donors (Lipinski definition) is 4. The second kappa shape index (κ2) is 7.63. The molecule has 1 heterocycles. The van der Waals surface area contributed by atoms with Crippen LogP contribution in [0.1, 0.15) is 19.4 Å². The summed E-state index contributed by atoms with van der Waals surface area (Å²) >= 11 is 0. The van der Waals surface area contributed by atoms with Gasteiger partial charge in [-0.2, -0.15) is 0 Å². The molecule has 0 radical (unpaired) electrons. The fourth-order valence-electron chi connectivity index (χ4n) is 2.85. The molecule has 0 bridgehead atoms. The van der Waals surface area contributed by atoms with Gasteiger partial charge in [0.15, 0.2) is 0 Å². The van der Waals surface area contributed by atoms with Crippen LogP contribution in [-0.2, 0) is 16.0 Å². The van der Waals surface area contributed by atoms with Crippen molar-refractivity contribution in [2.45, 2.75) is 38.5 Å². The molecule has 1 fully saturated rings. The molecule has 1 aliphatic rings. The number of piperazine rings is 1. The first-order chi connectivity index (χ1) is 11.3. The van der Waals surface area contributed by atoms with Crippen LogP contribution in [0.5, 0.6) is 5.75 Å². The minimum atomic E-state index is -1.11. The van der Waals surface area contributed by atoms with E-state index in [0.29, 0.717) is 5.56 Å². The average molecular weight is 336 g/mol. The zero-order valence-electron chi connectivity index (χ0n) is 13.8. The lowest BCUT2D eigenvalue weighted by Gasteiger charge is -2.41. The summed E-state index contributed by atoms with van der Waals surface area (Å²) in [6, 6.07) is 5.04. The van der Waals surface area contributed by atoms with Crippen molar-refractivity contribution in [1.29, 1.82) is 0 Å². The second-order valence-electron chi connectivity index (χ2n) is 6.45. The first-order valence-electron chi connectivity index (χ1n) is 8.01. The van der Waals surface area contributed by atoms with Crippen LogP contribution < -0.4 is 5.32 Å². The molecule has 7 nitrogen and oxygen atoms in total. The summed E-state index contributed by atoms with van der Waals surface area (Å²) in [5.74, 6) is -0.585. The van der Waals surface area contributed by atoms with Crippen LogP contribution in [0, 0.1) is 5.92 Å². The first kappa shape index (κ1) is 18.2. The van der Waals surface area contributed by atoms with E-state index in [1.807, 2.05) is 13.8 Å². The Kier molecular flexibility index (Phi) is 5.80. The quantitative estimate of drug-likeness (QED) is 0.567. The number of rotatable bonds is 6. The molecule has 2 amide bonds. The van der Waals surface area contributed by atoms with Gasteiger partial charge < -0.3 is 25.5 Å². The Morgan fingerprint density at radius 3 is 2.58 bits per heavy atom. The number of phenolic OH excluding ortho intramolecular Hbond substituents is 1. The predicted molar refractivity (Wildman–Crippen MR) is 87.2 cm³/mol. The molecule has 1 aliphatic heterocycles. The lowest BCUT2D eigenvalue weighted by Crippen LogP contribution is -2.66. The third kappa shape index (κ3) is 4.04. The molecule has 0 aliphatic carbocycles. The molecule has 1 aromatic rings. The lowest BCUT2D eigenvalue weighted by atomic mass is 9.94. The van der Waals surface area contributed by atoms with Gasteiger partial charge in [-0.3, -0.25) is 9.59 Å². The third-order valence-corrected chi connectivity index (χ3v) is 4.15. The van der Waals surface area contributed by atoms with Crippen molar-refractivity contribution >= 4 is 11.8 Å². The average Bonchev–Trinajstić information content (AvgIpc) is 2.53. The summed E-state index contributed by atoms with van der Waals surface area (Å²) in [5, 5.41) is 31.1. The summed E-state index contributed by atoms with van der Waals surface area (Å²) in [7, 11) is 0. The van der Waals surface area contributed by atoms with Crippen molar-refractivity contribution < 1.29 is 24.9 Å². The van der Waals surface area contributed by atoms with Crippen molar-refractivity contribution in [2.24, 2.45) is 5.92 Å². The number of carbonyl (C=O) groups is 2. The number of β-amino-alcohol motifs (C(OH)–C–C–N with tert-alkyl or cyclic N) is 1. The predicted octanol–water partition coefficient (Wildman–Crippen LogP) is -0.361. The zero-order chi connectivity index (χ0) is 17.9. The topological polar surface area (TPSA) is 110 Å². The van der Waals surface area contributed by atoms with Gasteiger partial charge in [-0.25, -0.2) is 0 Å². The summed E-state index contributed by atoms with van der Waals surface area (Å²) in [6.07, 6.45) is -0.895. The molecule has 0 spiro atoms. The van der Waals surface area contributed by atoms with Gasteiger partial charge in [0.1, 0.15) is 17.8 Å². The highest BCUT2D eigenvalue weighted by Gasteiger charge is 2.42. The maximum atomic E-state index is 12.7. The highest BCUT2D eigenvalue weighted by Crippen LogP contribution is 2.21. The molecule has 24 heavy (non-hydrogen) atoms. The van der Waals surface area contributed by atoms with Gasteiger partial charge in [-0.15, -0.1) is 0 Å². The molecule has 132 valence electrons. The Morgan fingerprint density at radius 2 is 2.00 bits per heavy atom. The second-order valence-corrected chi connectivity index (χ2v) is 6.45. The number of nitrogens with zero attached hydrogens (tertiary/aromatic N) is 1. The van der Waals surface area contributed by atoms with Gasteiger partial charge in [-0.1, -0.05) is 26.0 Å². The summed E-state index contributed by atoms with van der Waals surface area (Å²) in [6.45, 7) is 3.06. The van der Waals surface area contributed by atoms with Crippen LogP contribution in [0.3, 0.4) is 0 Å². The molecule has 0 saturated carbocycles. The molecular weight excluding hydrogens is 312 g/mol. The Balaban J connectivity index is 2.27. The highest BCUT2D eigenvalue weighted by molar-refractivity contribution is 5.97. The van der Waals surface area contributed by atoms with Gasteiger partial charge in [0.2, 0.25) is 11.8 Å². The van der Waals surface area contributed by atoms with Crippen LogP contribution in [-0.4, -0.2) is 63.4 Å². The van der Waals surface area contributed by atoms with Crippen molar-refractivity contribution in [1.82, 2.24) is 10.2 Å². The molecule has 7 heteroatoms. The van der Waals surface area contributed by atoms with Gasteiger partial charge in [-0.05, 0) is 23.6 Å². The number of benzene rings is 1. The van der Waals surface area contributed by atoms with Crippen molar-refractivity contribution in [3.05, 3.63) is 29.8 Å². The number of hydrogen-bond acceptors (Lipinski definition) is 5. The zero-order valence-corrected chi connectivity index (χ0v) is 13.8. The fourth-order valence-corrected chi connectivity index (χ4v) is 2.85. The Bertz CT molecular complexity index is 604. The van der Waals surface area contributed by atoms with Crippen LogP contribution in [0.25, 0.3) is 0 Å². The van der Waals surface area contributed by atoms with Crippen molar-refractivity contribution in [2.75, 3.05) is 13.2 Å². The standard InChI is InChI=1S/C17H24N2O5/c1-10(2)15-17(24)19(8-13(22)9-20)14(16(23)18-15)7-11-4-3-5-12(21)6-11/h3-6,10,13-15,20-22H,7-9H2,1-2H3,(H,18,23). The largest absolute Gasteiger partial charge is 0.508 e. The van der Waals surface area contributed by atoms with Crippen LogP contribution in [0.2, 0.25) is 0 Å². The number of carbonyl (C=O) groups excluding carboxylic acids is 2. The number of amides is 2. The Morgan fingerprint density at radius 1 is 1.29 bits per heavy atom. The number of aliphatic hydroxyl groups is 2. The minimum absolute atomic E-state index is 0.0806. The SMILES string of the molecule is CC(C)C1NC(=O)C(Cc2cccc(O)c2)N(CC(O)CO)C1=O. The first-order valence-corrected chi connectivity index (χ1v) is 8.01. The van der Waals surface area contributed by atoms with E-state index in [-0.39, 0.29) is 36.4 Å². The van der Waals surface area contributed by atoms with E-state index in [4.69, 9.17) is 5.11 Å².